The second-order valence-corrected chi connectivity index (χ2v) is 7.36. The van der Waals surface area contributed by atoms with Gasteiger partial charge in [-0.2, -0.15) is 0 Å². The molecule has 0 saturated heterocycles. The van der Waals surface area contributed by atoms with Crippen LogP contribution in [0, 0.1) is 6.92 Å². The van der Waals surface area contributed by atoms with E-state index >= 15 is 0 Å². The molecule has 1 amide bonds. The molecular weight excluding hydrogens is 376 g/mol. The summed E-state index contributed by atoms with van der Waals surface area (Å²) < 4.78 is 4.99. The number of nitrogens with one attached hydrogen (secondary N) is 2. The maximum atomic E-state index is 12.1. The maximum Gasteiger partial charge on any atom is 0.355 e. The Morgan fingerprint density at radius 3 is 2.64 bits per heavy atom. The van der Waals surface area contributed by atoms with Crippen LogP contribution >= 0.6 is 11.8 Å². The molecule has 0 atom stereocenters. The molecule has 0 aliphatic carbocycles. The maximum absolute atomic E-state index is 12.1. The van der Waals surface area contributed by atoms with Crippen molar-refractivity contribution >= 4 is 34.4 Å². The van der Waals surface area contributed by atoms with Crippen LogP contribution in [0.1, 0.15) is 16.1 Å². The largest absolute Gasteiger partial charge is 0.451 e. The summed E-state index contributed by atoms with van der Waals surface area (Å²) in [5, 5.41) is 3.83. The van der Waals surface area contributed by atoms with Gasteiger partial charge in [-0.15, -0.1) is 11.8 Å². The number of H-pyrrole nitrogens is 1. The molecule has 28 heavy (non-hydrogen) atoms. The number of thioether (sulfide) groups is 1. The number of hydrogen-bond donors (Lipinski definition) is 2. The van der Waals surface area contributed by atoms with Crippen LogP contribution in [0.25, 0.3) is 10.8 Å². The lowest BCUT2D eigenvalue weighted by atomic mass is 10.1. The molecule has 0 radical (unpaired) electrons. The number of carbonyl (C=O) groups is 2. The molecule has 1 aromatic heterocycles. The molecule has 2 N–H and O–H groups in total. The predicted octanol–water partition coefficient (Wildman–Crippen LogP) is 2.90. The van der Waals surface area contributed by atoms with E-state index in [0.717, 1.165) is 4.90 Å². The summed E-state index contributed by atoms with van der Waals surface area (Å²) in [6.07, 6.45) is 0. The molecule has 3 rings (SSSR count). The quantitative estimate of drug-likeness (QED) is 0.364. The number of fused-ring (bicyclic) bond motifs is 1. The molecule has 144 valence electrons. The number of benzene rings is 2. The van der Waals surface area contributed by atoms with Crippen LogP contribution in [-0.4, -0.2) is 35.8 Å². The van der Waals surface area contributed by atoms with Crippen molar-refractivity contribution in [1.29, 1.82) is 0 Å². The lowest BCUT2D eigenvalue weighted by Gasteiger charge is -2.07. The molecule has 0 spiro atoms. The number of aryl methyl sites for hydroxylation is 1. The van der Waals surface area contributed by atoms with Crippen molar-refractivity contribution in [2.24, 2.45) is 0 Å². The van der Waals surface area contributed by atoms with Crippen molar-refractivity contribution in [3.63, 3.8) is 0 Å². The second kappa shape index (κ2) is 9.23. The van der Waals surface area contributed by atoms with Crippen LogP contribution in [0.5, 0.6) is 0 Å². The van der Waals surface area contributed by atoms with Gasteiger partial charge in [0, 0.05) is 22.6 Å². The van der Waals surface area contributed by atoms with Crippen LogP contribution in [0.2, 0.25) is 0 Å². The van der Waals surface area contributed by atoms with E-state index in [0.29, 0.717) is 23.1 Å². The van der Waals surface area contributed by atoms with Crippen molar-refractivity contribution in [1.82, 2.24) is 10.3 Å². The van der Waals surface area contributed by atoms with Crippen molar-refractivity contribution in [3.8, 4) is 0 Å². The number of aromatic nitrogens is 1. The molecule has 3 aromatic rings. The number of amides is 1. The number of aromatic amines is 1. The minimum atomic E-state index is -0.743. The van der Waals surface area contributed by atoms with Crippen LogP contribution in [-0.2, 0) is 9.53 Å². The van der Waals surface area contributed by atoms with E-state index in [2.05, 4.69) is 10.3 Å². The lowest BCUT2D eigenvalue weighted by Crippen LogP contribution is -2.30. The van der Waals surface area contributed by atoms with Gasteiger partial charge in [-0.3, -0.25) is 9.59 Å². The molecule has 6 nitrogen and oxygen atoms in total. The zero-order valence-electron chi connectivity index (χ0n) is 15.4. The monoisotopic (exact) mass is 396 g/mol. The summed E-state index contributed by atoms with van der Waals surface area (Å²) in [7, 11) is 0. The molecule has 0 saturated carbocycles. The highest BCUT2D eigenvalue weighted by atomic mass is 32.2. The van der Waals surface area contributed by atoms with Crippen LogP contribution in [0.4, 0.5) is 0 Å². The molecule has 0 fully saturated rings. The van der Waals surface area contributed by atoms with Gasteiger partial charge in [0.05, 0.1) is 0 Å². The van der Waals surface area contributed by atoms with E-state index < -0.39 is 12.6 Å². The Morgan fingerprint density at radius 2 is 1.86 bits per heavy atom. The number of ether oxygens (including phenoxy) is 1. The molecule has 0 aliphatic heterocycles. The zero-order valence-corrected chi connectivity index (χ0v) is 16.2. The Morgan fingerprint density at radius 1 is 1.11 bits per heavy atom. The van der Waals surface area contributed by atoms with Crippen molar-refractivity contribution < 1.29 is 14.3 Å². The minimum Gasteiger partial charge on any atom is -0.451 e. The van der Waals surface area contributed by atoms with Crippen molar-refractivity contribution in [2.45, 2.75) is 11.8 Å². The summed E-state index contributed by atoms with van der Waals surface area (Å²) in [6, 6.07) is 16.6. The first kappa shape index (κ1) is 19.7. The van der Waals surface area contributed by atoms with Gasteiger partial charge in [-0.05, 0) is 36.6 Å². The van der Waals surface area contributed by atoms with Gasteiger partial charge < -0.3 is 15.0 Å². The molecule has 7 heteroatoms. The van der Waals surface area contributed by atoms with E-state index in [-0.39, 0.29) is 17.2 Å². The van der Waals surface area contributed by atoms with Gasteiger partial charge in [-0.1, -0.05) is 35.9 Å². The molecule has 0 aliphatic rings. The third-order valence-corrected chi connectivity index (χ3v) is 5.04. The van der Waals surface area contributed by atoms with E-state index in [1.54, 1.807) is 36.0 Å². The average molecular weight is 396 g/mol. The number of carbonyl (C=O) groups excluding carboxylic acids is 2. The third kappa shape index (κ3) is 5.23. The Hall–Kier alpha value is -3.06. The van der Waals surface area contributed by atoms with Gasteiger partial charge >= 0.3 is 5.97 Å². The number of pyridine rings is 1. The molecule has 0 unspecified atom stereocenters. The summed E-state index contributed by atoms with van der Waals surface area (Å²) in [5.41, 5.74) is 0.848. The second-order valence-electron chi connectivity index (χ2n) is 6.19. The lowest BCUT2D eigenvalue weighted by molar-refractivity contribution is -0.124. The van der Waals surface area contributed by atoms with Crippen LogP contribution < -0.4 is 10.9 Å². The van der Waals surface area contributed by atoms with Gasteiger partial charge in [0.15, 0.2) is 6.61 Å². The first-order valence-corrected chi connectivity index (χ1v) is 9.77. The Kier molecular flexibility index (Phi) is 6.49. The first-order chi connectivity index (χ1) is 13.5. The van der Waals surface area contributed by atoms with E-state index in [4.69, 9.17) is 4.74 Å². The van der Waals surface area contributed by atoms with E-state index in [1.807, 2.05) is 31.2 Å². The van der Waals surface area contributed by atoms with Crippen molar-refractivity contribution in [3.05, 3.63) is 76.2 Å². The normalized spacial score (nSPS) is 10.6. The highest BCUT2D eigenvalue weighted by molar-refractivity contribution is 7.99. The topological polar surface area (TPSA) is 88.3 Å². The summed E-state index contributed by atoms with van der Waals surface area (Å²) in [5.74, 6) is -0.422. The van der Waals surface area contributed by atoms with Gasteiger partial charge in [-0.25, -0.2) is 4.79 Å². The van der Waals surface area contributed by atoms with Crippen molar-refractivity contribution in [2.75, 3.05) is 18.9 Å². The third-order valence-electron chi connectivity index (χ3n) is 4.02. The fourth-order valence-corrected chi connectivity index (χ4v) is 3.34. The van der Waals surface area contributed by atoms with Crippen LogP contribution in [0.3, 0.4) is 0 Å². The minimum absolute atomic E-state index is 0.0198. The highest BCUT2D eigenvalue weighted by Crippen LogP contribution is 2.17. The molecule has 2 aromatic carbocycles. The van der Waals surface area contributed by atoms with Gasteiger partial charge in [0.1, 0.15) is 5.69 Å². The highest BCUT2D eigenvalue weighted by Gasteiger charge is 2.12. The molecule has 0 bridgehead atoms. The van der Waals surface area contributed by atoms with Crippen LogP contribution in [0.15, 0.2) is 64.3 Å². The van der Waals surface area contributed by atoms with Gasteiger partial charge in [0.25, 0.3) is 11.5 Å². The standard InChI is InChI=1S/C21H20N2O4S/c1-14-6-8-16(9-7-14)28-11-10-22-19(24)13-27-21(26)18-12-15-4-2-3-5-17(15)20(25)23-18/h2-9,12H,10-11,13H2,1H3,(H,22,24)(H,23,25). The summed E-state index contributed by atoms with van der Waals surface area (Å²) >= 11 is 1.63. The smallest absolute Gasteiger partial charge is 0.355 e. The van der Waals surface area contributed by atoms with Gasteiger partial charge in [0.2, 0.25) is 0 Å². The first-order valence-electron chi connectivity index (χ1n) is 8.78. The average Bonchev–Trinajstić information content (AvgIpc) is 2.70. The Bertz CT molecular complexity index is 1040. The zero-order chi connectivity index (χ0) is 19.9. The predicted molar refractivity (Wildman–Crippen MR) is 110 cm³/mol. The fraction of sp³-hybridized carbons (Fsp3) is 0.190. The van der Waals surface area contributed by atoms with E-state index in [9.17, 15) is 14.4 Å². The number of hydrogen-bond acceptors (Lipinski definition) is 5. The molecule has 1 heterocycles. The summed E-state index contributed by atoms with van der Waals surface area (Å²) in [4.78, 5) is 39.6. The molecular formula is C21H20N2O4S. The number of rotatable bonds is 7. The Labute approximate surface area is 166 Å². The SMILES string of the molecule is Cc1ccc(SCCNC(=O)COC(=O)c2cc3ccccc3c(=O)[nH]2)cc1. The fourth-order valence-electron chi connectivity index (χ4n) is 2.57. The summed E-state index contributed by atoms with van der Waals surface area (Å²) in [6.45, 7) is 2.09. The number of esters is 1. The van der Waals surface area contributed by atoms with E-state index in [1.165, 1.54) is 11.6 Å². The Balaban J connectivity index is 1.44.